The Labute approximate surface area is 120 Å². The van der Waals surface area contributed by atoms with Gasteiger partial charge in [-0.05, 0) is 32.4 Å². The Balaban J connectivity index is 2.08. The first-order valence-corrected chi connectivity index (χ1v) is 6.88. The summed E-state index contributed by atoms with van der Waals surface area (Å²) in [5, 5.41) is 6.84. The number of rotatable bonds is 4. The van der Waals surface area contributed by atoms with Crippen LogP contribution in [0.2, 0.25) is 0 Å². The van der Waals surface area contributed by atoms with Gasteiger partial charge in [-0.1, -0.05) is 12.1 Å². The number of aliphatic imine (C=N–C) groups is 1. The van der Waals surface area contributed by atoms with Crippen LogP contribution in [-0.4, -0.2) is 42.0 Å². The fourth-order valence-corrected chi connectivity index (χ4v) is 2.14. The van der Waals surface area contributed by atoms with Gasteiger partial charge in [-0.25, -0.2) is 4.98 Å². The summed E-state index contributed by atoms with van der Waals surface area (Å²) in [4.78, 5) is 11.0. The first-order valence-electron chi connectivity index (χ1n) is 6.88. The average Bonchev–Trinajstić information content (AvgIpc) is 2.39. The zero-order chi connectivity index (χ0) is 14.6. The fourth-order valence-electron chi connectivity index (χ4n) is 2.14. The van der Waals surface area contributed by atoms with Crippen LogP contribution in [0.5, 0.6) is 0 Å². The molecule has 1 aromatic rings. The van der Waals surface area contributed by atoms with Gasteiger partial charge in [-0.3, -0.25) is 4.99 Å². The van der Waals surface area contributed by atoms with Crippen molar-refractivity contribution >= 4 is 11.7 Å². The standard InChI is InChI=1S/C15H23N5/c1-15(2,18-13-9-5-6-10-16-13)19-14-12(20(3)4)8-7-11-17-14/h5-6,8-10H,7,11H2,1-4H3,(H,16,18)(H,17,19). The van der Waals surface area contributed by atoms with Gasteiger partial charge in [0.2, 0.25) is 0 Å². The molecule has 0 aromatic carbocycles. The molecule has 0 fully saturated rings. The van der Waals surface area contributed by atoms with E-state index >= 15 is 0 Å². The molecular weight excluding hydrogens is 250 g/mol. The number of aromatic nitrogens is 1. The number of nitrogens with zero attached hydrogens (tertiary/aromatic N) is 3. The first-order chi connectivity index (χ1) is 9.48. The van der Waals surface area contributed by atoms with E-state index in [1.54, 1.807) is 6.20 Å². The van der Waals surface area contributed by atoms with Crippen molar-refractivity contribution in [2.75, 3.05) is 26.0 Å². The Bertz CT molecular complexity index is 502. The molecule has 1 aromatic heterocycles. The molecule has 2 N–H and O–H groups in total. The second kappa shape index (κ2) is 5.94. The van der Waals surface area contributed by atoms with E-state index in [0.29, 0.717) is 0 Å². The van der Waals surface area contributed by atoms with E-state index in [1.807, 2.05) is 32.3 Å². The van der Waals surface area contributed by atoms with Crippen LogP contribution in [0.3, 0.4) is 0 Å². The van der Waals surface area contributed by atoms with Crippen molar-refractivity contribution in [3.63, 3.8) is 0 Å². The van der Waals surface area contributed by atoms with E-state index in [4.69, 9.17) is 0 Å². The fraction of sp³-hybridized carbons (Fsp3) is 0.467. The lowest BCUT2D eigenvalue weighted by molar-refractivity contribution is 0.492. The normalized spacial score (nSPS) is 15.2. The van der Waals surface area contributed by atoms with Gasteiger partial charge in [-0.15, -0.1) is 0 Å². The molecule has 2 rings (SSSR count). The van der Waals surface area contributed by atoms with Gasteiger partial charge in [0, 0.05) is 26.8 Å². The van der Waals surface area contributed by atoms with E-state index in [1.165, 1.54) is 0 Å². The highest BCUT2D eigenvalue weighted by atomic mass is 15.3. The van der Waals surface area contributed by atoms with Crippen molar-refractivity contribution < 1.29 is 0 Å². The molecule has 1 aliphatic rings. The molecule has 1 aliphatic heterocycles. The van der Waals surface area contributed by atoms with Crippen LogP contribution >= 0.6 is 0 Å². The van der Waals surface area contributed by atoms with Crippen LogP contribution < -0.4 is 10.6 Å². The third-order valence-corrected chi connectivity index (χ3v) is 3.00. The Morgan fingerprint density at radius 2 is 2.00 bits per heavy atom. The van der Waals surface area contributed by atoms with Gasteiger partial charge in [0.05, 0.1) is 5.70 Å². The number of anilines is 1. The molecule has 2 heterocycles. The lowest BCUT2D eigenvalue weighted by atomic mass is 10.1. The molecule has 0 atom stereocenters. The molecule has 0 spiro atoms. The molecule has 108 valence electrons. The van der Waals surface area contributed by atoms with Crippen LogP contribution in [0.15, 0.2) is 41.2 Å². The lowest BCUT2D eigenvalue weighted by Gasteiger charge is -2.33. The van der Waals surface area contributed by atoms with Crippen molar-refractivity contribution in [1.82, 2.24) is 15.2 Å². The van der Waals surface area contributed by atoms with Crippen molar-refractivity contribution in [3.8, 4) is 0 Å². The predicted octanol–water partition coefficient (Wildman–Crippen LogP) is 2.07. The minimum Gasteiger partial charge on any atom is -0.375 e. The highest BCUT2D eigenvalue weighted by Crippen LogP contribution is 2.14. The Kier molecular flexibility index (Phi) is 4.27. The molecular formula is C15H23N5. The van der Waals surface area contributed by atoms with Crippen LogP contribution in [0.1, 0.15) is 20.3 Å². The van der Waals surface area contributed by atoms with E-state index in [2.05, 4.69) is 45.4 Å². The Morgan fingerprint density at radius 1 is 1.20 bits per heavy atom. The Morgan fingerprint density at radius 3 is 2.65 bits per heavy atom. The quantitative estimate of drug-likeness (QED) is 0.825. The molecule has 5 nitrogen and oxygen atoms in total. The largest absolute Gasteiger partial charge is 0.375 e. The lowest BCUT2D eigenvalue weighted by Crippen LogP contribution is -2.51. The summed E-state index contributed by atoms with van der Waals surface area (Å²) < 4.78 is 0. The summed E-state index contributed by atoms with van der Waals surface area (Å²) in [6, 6.07) is 5.83. The van der Waals surface area contributed by atoms with Gasteiger partial charge in [0.15, 0.2) is 0 Å². The third-order valence-electron chi connectivity index (χ3n) is 3.00. The number of hydrogen-bond acceptors (Lipinski definition) is 5. The number of dihydropyridines is 1. The van der Waals surface area contributed by atoms with Gasteiger partial charge in [-0.2, -0.15) is 0 Å². The predicted molar refractivity (Wildman–Crippen MR) is 83.8 cm³/mol. The number of hydrogen-bond donors (Lipinski definition) is 2. The smallest absolute Gasteiger partial charge is 0.146 e. The molecule has 0 bridgehead atoms. The first kappa shape index (κ1) is 14.4. The summed E-state index contributed by atoms with van der Waals surface area (Å²) in [7, 11) is 4.07. The van der Waals surface area contributed by atoms with Crippen LogP contribution in [0, 0.1) is 0 Å². The maximum absolute atomic E-state index is 4.59. The average molecular weight is 273 g/mol. The maximum atomic E-state index is 4.59. The van der Waals surface area contributed by atoms with Crippen LogP contribution in [-0.2, 0) is 0 Å². The maximum Gasteiger partial charge on any atom is 0.146 e. The molecule has 0 saturated carbocycles. The van der Waals surface area contributed by atoms with Crippen LogP contribution in [0.4, 0.5) is 5.82 Å². The molecule has 0 aliphatic carbocycles. The highest BCUT2D eigenvalue weighted by Gasteiger charge is 2.22. The van der Waals surface area contributed by atoms with E-state index < -0.39 is 0 Å². The van der Waals surface area contributed by atoms with Gasteiger partial charge >= 0.3 is 0 Å². The topological polar surface area (TPSA) is 52.5 Å². The molecule has 0 radical (unpaired) electrons. The van der Waals surface area contributed by atoms with Gasteiger partial charge in [0.1, 0.15) is 17.3 Å². The monoisotopic (exact) mass is 273 g/mol. The molecule has 0 saturated heterocycles. The molecule has 20 heavy (non-hydrogen) atoms. The summed E-state index contributed by atoms with van der Waals surface area (Å²) in [6.07, 6.45) is 4.99. The van der Waals surface area contributed by atoms with Crippen LogP contribution in [0.25, 0.3) is 0 Å². The zero-order valence-corrected chi connectivity index (χ0v) is 12.6. The summed E-state index contributed by atoms with van der Waals surface area (Å²) in [5.41, 5.74) is 0.798. The minimum atomic E-state index is -0.334. The van der Waals surface area contributed by atoms with Crippen molar-refractivity contribution in [2.24, 2.45) is 4.99 Å². The SMILES string of the molecule is CN(C)C1=CCCN=C1NC(C)(C)Nc1ccccn1. The zero-order valence-electron chi connectivity index (χ0n) is 12.6. The van der Waals surface area contributed by atoms with Gasteiger partial charge in [0.25, 0.3) is 0 Å². The van der Waals surface area contributed by atoms with E-state index in [9.17, 15) is 0 Å². The number of pyridine rings is 1. The Hall–Kier alpha value is -2.04. The minimum absolute atomic E-state index is 0.334. The molecule has 0 unspecified atom stereocenters. The second-order valence-electron chi connectivity index (χ2n) is 5.59. The van der Waals surface area contributed by atoms with Crippen molar-refractivity contribution in [1.29, 1.82) is 0 Å². The molecule has 5 heteroatoms. The second-order valence-corrected chi connectivity index (χ2v) is 5.59. The van der Waals surface area contributed by atoms with Crippen molar-refractivity contribution in [3.05, 3.63) is 36.2 Å². The van der Waals surface area contributed by atoms with E-state index in [0.717, 1.165) is 30.3 Å². The third kappa shape index (κ3) is 3.73. The van der Waals surface area contributed by atoms with E-state index in [-0.39, 0.29) is 5.66 Å². The number of amidine groups is 1. The summed E-state index contributed by atoms with van der Waals surface area (Å²) in [5.74, 6) is 1.77. The number of likely N-dealkylation sites (N-methyl/N-ethyl adjacent to an activating group) is 1. The van der Waals surface area contributed by atoms with Crippen molar-refractivity contribution in [2.45, 2.75) is 25.9 Å². The highest BCUT2D eigenvalue weighted by molar-refractivity contribution is 5.98. The number of nitrogens with one attached hydrogen (secondary N) is 2. The van der Waals surface area contributed by atoms with Gasteiger partial charge < -0.3 is 15.5 Å². The summed E-state index contributed by atoms with van der Waals surface area (Å²) in [6.45, 7) is 4.98. The summed E-state index contributed by atoms with van der Waals surface area (Å²) >= 11 is 0. The molecule has 0 amide bonds.